The Hall–Kier alpha value is -1.64. The van der Waals surface area contributed by atoms with Crippen LogP contribution in [0.1, 0.15) is 24.5 Å². The third-order valence-electron chi connectivity index (χ3n) is 3.28. The molecule has 0 radical (unpaired) electrons. The van der Waals surface area contributed by atoms with E-state index in [4.69, 9.17) is 9.47 Å². The van der Waals surface area contributed by atoms with Crippen LogP contribution in [0.3, 0.4) is 0 Å². The number of fused-ring (bicyclic) bond motifs is 2. The van der Waals surface area contributed by atoms with E-state index in [9.17, 15) is 0 Å². The van der Waals surface area contributed by atoms with Gasteiger partial charge in [0.25, 0.3) is 0 Å². The highest BCUT2D eigenvalue weighted by Gasteiger charge is 2.17. The molecule has 1 aromatic rings. The fourth-order valence-corrected chi connectivity index (χ4v) is 2.37. The number of nitrogens with zero attached hydrogens (tertiary/aromatic N) is 1. The minimum atomic E-state index is 0.351. The summed E-state index contributed by atoms with van der Waals surface area (Å²) >= 11 is 0. The smallest absolute Gasteiger partial charge is 0.231 e. The molecule has 0 aromatic heterocycles. The first-order valence-corrected chi connectivity index (χ1v) is 6.21. The molecule has 0 fully saturated rings. The summed E-state index contributed by atoms with van der Waals surface area (Å²) in [6.07, 6.45) is 6.62. The van der Waals surface area contributed by atoms with E-state index in [0.717, 1.165) is 31.0 Å². The Morgan fingerprint density at radius 3 is 2.88 bits per heavy atom. The van der Waals surface area contributed by atoms with Crippen LogP contribution in [-0.2, 0) is 6.42 Å². The molecule has 0 atom stereocenters. The second-order valence-corrected chi connectivity index (χ2v) is 4.51. The van der Waals surface area contributed by atoms with E-state index < -0.39 is 0 Å². The van der Waals surface area contributed by atoms with E-state index in [2.05, 4.69) is 36.2 Å². The van der Waals surface area contributed by atoms with Gasteiger partial charge in [-0.15, -0.1) is 0 Å². The van der Waals surface area contributed by atoms with E-state index >= 15 is 0 Å². The molecule has 0 spiro atoms. The maximum absolute atomic E-state index is 5.42. The van der Waals surface area contributed by atoms with Gasteiger partial charge >= 0.3 is 0 Å². The molecule has 0 unspecified atom stereocenters. The molecule has 0 aliphatic carbocycles. The number of benzene rings is 1. The summed E-state index contributed by atoms with van der Waals surface area (Å²) in [5, 5.41) is 0. The lowest BCUT2D eigenvalue weighted by Gasteiger charge is -2.17. The monoisotopic (exact) mass is 231 g/mol. The van der Waals surface area contributed by atoms with Crippen LogP contribution in [0.25, 0.3) is 6.08 Å². The van der Waals surface area contributed by atoms with Crippen LogP contribution >= 0.6 is 0 Å². The van der Waals surface area contributed by atoms with E-state index in [-0.39, 0.29) is 0 Å². The average Bonchev–Trinajstić information content (AvgIpc) is 2.70. The Morgan fingerprint density at radius 1 is 1.24 bits per heavy atom. The molecule has 2 heterocycles. The zero-order valence-electron chi connectivity index (χ0n) is 10.1. The van der Waals surface area contributed by atoms with E-state index in [1.54, 1.807) is 0 Å². The lowest BCUT2D eigenvalue weighted by molar-refractivity contribution is 0.174. The Labute approximate surface area is 102 Å². The number of ether oxygens (including phenoxy) is 2. The molecule has 0 amide bonds. The van der Waals surface area contributed by atoms with Crippen molar-refractivity contribution in [2.24, 2.45) is 0 Å². The van der Waals surface area contributed by atoms with E-state index in [0.29, 0.717) is 6.79 Å². The first-order chi connectivity index (χ1) is 8.36. The quantitative estimate of drug-likeness (QED) is 0.781. The fraction of sp³-hybridized carbons (Fsp3) is 0.429. The average molecular weight is 231 g/mol. The molecule has 1 aromatic carbocycles. The van der Waals surface area contributed by atoms with Gasteiger partial charge in [0, 0.05) is 13.1 Å². The lowest BCUT2D eigenvalue weighted by Crippen LogP contribution is -2.19. The van der Waals surface area contributed by atoms with Gasteiger partial charge in [-0.3, -0.25) is 0 Å². The van der Waals surface area contributed by atoms with Crippen LogP contribution in [0.5, 0.6) is 11.5 Å². The SMILES string of the molecule is CCCN1C=Cc2cc3c(cc2CC1)OCO3. The third-order valence-corrected chi connectivity index (χ3v) is 3.28. The van der Waals surface area contributed by atoms with Gasteiger partial charge in [-0.2, -0.15) is 0 Å². The predicted molar refractivity (Wildman–Crippen MR) is 67.2 cm³/mol. The summed E-state index contributed by atoms with van der Waals surface area (Å²) in [5.74, 6) is 1.76. The minimum absolute atomic E-state index is 0.351. The highest BCUT2D eigenvalue weighted by Crippen LogP contribution is 2.36. The highest BCUT2D eigenvalue weighted by atomic mass is 16.7. The Kier molecular flexibility index (Phi) is 2.67. The van der Waals surface area contributed by atoms with Crippen molar-refractivity contribution in [3.05, 3.63) is 29.5 Å². The van der Waals surface area contributed by atoms with Crippen LogP contribution < -0.4 is 9.47 Å². The van der Waals surface area contributed by atoms with Crippen molar-refractivity contribution in [3.8, 4) is 11.5 Å². The van der Waals surface area contributed by atoms with Crippen molar-refractivity contribution in [2.45, 2.75) is 19.8 Å². The van der Waals surface area contributed by atoms with Crippen molar-refractivity contribution in [3.63, 3.8) is 0 Å². The lowest BCUT2D eigenvalue weighted by atomic mass is 10.0. The van der Waals surface area contributed by atoms with Crippen molar-refractivity contribution < 1.29 is 9.47 Å². The van der Waals surface area contributed by atoms with Gasteiger partial charge in [-0.25, -0.2) is 0 Å². The second kappa shape index (κ2) is 4.32. The summed E-state index contributed by atoms with van der Waals surface area (Å²) < 4.78 is 10.8. The van der Waals surface area contributed by atoms with E-state index in [1.165, 1.54) is 17.5 Å². The Bertz CT molecular complexity index is 454. The molecule has 90 valence electrons. The fourth-order valence-electron chi connectivity index (χ4n) is 2.37. The number of hydrogen-bond donors (Lipinski definition) is 0. The van der Waals surface area contributed by atoms with Crippen molar-refractivity contribution in [1.29, 1.82) is 0 Å². The zero-order chi connectivity index (χ0) is 11.7. The van der Waals surface area contributed by atoms with E-state index in [1.807, 2.05) is 0 Å². The van der Waals surface area contributed by atoms with Gasteiger partial charge in [0.1, 0.15) is 0 Å². The van der Waals surface area contributed by atoms with Crippen LogP contribution in [-0.4, -0.2) is 24.8 Å². The molecule has 3 nitrogen and oxygen atoms in total. The van der Waals surface area contributed by atoms with Crippen molar-refractivity contribution in [1.82, 2.24) is 4.90 Å². The summed E-state index contributed by atoms with van der Waals surface area (Å²) in [6, 6.07) is 4.21. The first-order valence-electron chi connectivity index (χ1n) is 6.21. The maximum atomic E-state index is 5.42. The maximum Gasteiger partial charge on any atom is 0.231 e. The van der Waals surface area contributed by atoms with Crippen molar-refractivity contribution in [2.75, 3.05) is 19.9 Å². The van der Waals surface area contributed by atoms with Gasteiger partial charge < -0.3 is 14.4 Å². The van der Waals surface area contributed by atoms with Crippen LogP contribution in [0.15, 0.2) is 18.3 Å². The molecular formula is C14H17NO2. The summed E-state index contributed by atoms with van der Waals surface area (Å²) in [5.41, 5.74) is 2.61. The molecule has 3 rings (SSSR count). The summed E-state index contributed by atoms with van der Waals surface area (Å²) in [7, 11) is 0. The molecule has 3 heteroatoms. The molecule has 0 N–H and O–H groups in total. The van der Waals surface area contributed by atoms with Gasteiger partial charge in [0.2, 0.25) is 6.79 Å². The molecular weight excluding hydrogens is 214 g/mol. The molecule has 0 saturated heterocycles. The zero-order valence-corrected chi connectivity index (χ0v) is 10.1. The Balaban J connectivity index is 1.90. The minimum Gasteiger partial charge on any atom is -0.454 e. The molecule has 17 heavy (non-hydrogen) atoms. The largest absolute Gasteiger partial charge is 0.454 e. The molecule has 0 bridgehead atoms. The first kappa shape index (κ1) is 10.5. The molecule has 0 saturated carbocycles. The van der Waals surface area contributed by atoms with Gasteiger partial charge in [-0.05, 0) is 48.4 Å². The third kappa shape index (κ3) is 1.97. The van der Waals surface area contributed by atoms with Crippen LogP contribution in [0.2, 0.25) is 0 Å². The second-order valence-electron chi connectivity index (χ2n) is 4.51. The number of rotatable bonds is 2. The normalized spacial score (nSPS) is 16.9. The number of hydrogen-bond acceptors (Lipinski definition) is 3. The summed E-state index contributed by atoms with van der Waals surface area (Å²) in [6.45, 7) is 4.76. The predicted octanol–water partition coefficient (Wildman–Crippen LogP) is 2.65. The Morgan fingerprint density at radius 2 is 2.06 bits per heavy atom. The molecule has 2 aliphatic heterocycles. The standard InChI is InChI=1S/C14H17NO2/c1-2-5-15-6-3-11-8-13-14(17-10-16-13)9-12(11)4-7-15/h3,6,8-9H,2,4-5,7,10H2,1H3. The topological polar surface area (TPSA) is 21.7 Å². The highest BCUT2D eigenvalue weighted by molar-refractivity contribution is 5.61. The van der Waals surface area contributed by atoms with Crippen LogP contribution in [0.4, 0.5) is 0 Å². The van der Waals surface area contributed by atoms with Gasteiger partial charge in [0.05, 0.1) is 0 Å². The van der Waals surface area contributed by atoms with Gasteiger partial charge in [0.15, 0.2) is 11.5 Å². The summed E-state index contributed by atoms with van der Waals surface area (Å²) in [4.78, 5) is 2.37. The van der Waals surface area contributed by atoms with Crippen molar-refractivity contribution >= 4 is 6.08 Å². The van der Waals surface area contributed by atoms with Crippen LogP contribution in [0, 0.1) is 0 Å². The molecule has 2 aliphatic rings. The van der Waals surface area contributed by atoms with Gasteiger partial charge in [-0.1, -0.05) is 6.92 Å².